The van der Waals surface area contributed by atoms with E-state index >= 15 is 0 Å². The highest BCUT2D eigenvalue weighted by molar-refractivity contribution is 6.05. The van der Waals surface area contributed by atoms with Crippen molar-refractivity contribution in [3.8, 4) is 0 Å². The van der Waals surface area contributed by atoms with E-state index in [0.717, 1.165) is 17.9 Å². The molecular formula is C18H25N3O2. The van der Waals surface area contributed by atoms with Crippen LogP contribution in [0.1, 0.15) is 61.6 Å². The number of hydrogen-bond acceptors (Lipinski definition) is 3. The molecule has 0 radical (unpaired) electrons. The van der Waals surface area contributed by atoms with Gasteiger partial charge in [0.25, 0.3) is 5.91 Å². The first-order valence-electron chi connectivity index (χ1n) is 8.56. The summed E-state index contributed by atoms with van der Waals surface area (Å²) in [6.45, 7) is 1.92. The maximum atomic E-state index is 12.6. The van der Waals surface area contributed by atoms with Gasteiger partial charge in [0.1, 0.15) is 17.9 Å². The van der Waals surface area contributed by atoms with Gasteiger partial charge >= 0.3 is 0 Å². The van der Waals surface area contributed by atoms with E-state index < -0.39 is 0 Å². The molecule has 1 amide bonds. The number of hydrogen-bond donors (Lipinski definition) is 3. The fraction of sp³-hybridized carbons (Fsp3) is 0.556. The maximum absolute atomic E-state index is 12.6. The quantitative estimate of drug-likeness (QED) is 0.793. The Labute approximate surface area is 136 Å². The third-order valence-electron chi connectivity index (χ3n) is 4.75. The van der Waals surface area contributed by atoms with Gasteiger partial charge in [0.2, 0.25) is 0 Å². The summed E-state index contributed by atoms with van der Waals surface area (Å²) in [4.78, 5) is 19.9. The lowest BCUT2D eigenvalue weighted by Crippen LogP contribution is -2.34. The molecule has 5 nitrogen and oxygen atoms in total. The molecule has 124 valence electrons. The Balaban J connectivity index is 1.68. The second kappa shape index (κ2) is 7.13. The summed E-state index contributed by atoms with van der Waals surface area (Å²) >= 11 is 0. The molecule has 1 heterocycles. The van der Waals surface area contributed by atoms with Crippen LogP contribution in [0.2, 0.25) is 0 Å². The van der Waals surface area contributed by atoms with E-state index in [1.54, 1.807) is 6.07 Å². The first kappa shape index (κ1) is 16.0. The van der Waals surface area contributed by atoms with Gasteiger partial charge in [0, 0.05) is 6.04 Å². The molecule has 1 aromatic heterocycles. The van der Waals surface area contributed by atoms with Crippen molar-refractivity contribution >= 4 is 16.9 Å². The van der Waals surface area contributed by atoms with Gasteiger partial charge < -0.3 is 15.4 Å². The first-order valence-corrected chi connectivity index (χ1v) is 8.56. The van der Waals surface area contributed by atoms with Crippen molar-refractivity contribution in [3.05, 3.63) is 29.6 Å². The van der Waals surface area contributed by atoms with Crippen molar-refractivity contribution in [3.63, 3.8) is 0 Å². The van der Waals surface area contributed by atoms with Crippen LogP contribution >= 0.6 is 0 Å². The van der Waals surface area contributed by atoms with Gasteiger partial charge in [-0.15, -0.1) is 0 Å². The third kappa shape index (κ3) is 3.72. The SMILES string of the molecule is C[C@H](CC1CCCCC1)NC(=O)c1cccc2[nH]c(CO)nc12. The lowest BCUT2D eigenvalue weighted by Gasteiger charge is -2.25. The zero-order chi connectivity index (χ0) is 16.2. The third-order valence-corrected chi connectivity index (χ3v) is 4.75. The van der Waals surface area contributed by atoms with Gasteiger partial charge in [-0.25, -0.2) is 4.98 Å². The van der Waals surface area contributed by atoms with Crippen molar-refractivity contribution in [1.82, 2.24) is 15.3 Å². The van der Waals surface area contributed by atoms with E-state index in [-0.39, 0.29) is 18.6 Å². The van der Waals surface area contributed by atoms with E-state index in [9.17, 15) is 9.90 Å². The molecule has 5 heteroatoms. The van der Waals surface area contributed by atoms with Gasteiger partial charge in [-0.05, 0) is 31.4 Å². The molecule has 1 saturated carbocycles. The average molecular weight is 315 g/mol. The van der Waals surface area contributed by atoms with Crippen LogP contribution in [0.4, 0.5) is 0 Å². The van der Waals surface area contributed by atoms with Crippen molar-refractivity contribution in [1.29, 1.82) is 0 Å². The molecule has 0 unspecified atom stereocenters. The summed E-state index contributed by atoms with van der Waals surface area (Å²) in [6, 6.07) is 5.65. The summed E-state index contributed by atoms with van der Waals surface area (Å²) < 4.78 is 0. The van der Waals surface area contributed by atoms with Crippen LogP contribution in [-0.4, -0.2) is 27.0 Å². The van der Waals surface area contributed by atoms with Gasteiger partial charge in [-0.2, -0.15) is 0 Å². The number of aromatic nitrogens is 2. The summed E-state index contributed by atoms with van der Waals surface area (Å²) in [5.74, 6) is 1.13. The van der Waals surface area contributed by atoms with Gasteiger partial charge in [0.15, 0.2) is 0 Å². The molecule has 1 aliphatic carbocycles. The molecule has 0 aliphatic heterocycles. The minimum absolute atomic E-state index is 0.0881. The fourth-order valence-electron chi connectivity index (χ4n) is 3.62. The van der Waals surface area contributed by atoms with Crippen LogP contribution in [0.3, 0.4) is 0 Å². The van der Waals surface area contributed by atoms with Gasteiger partial charge in [-0.1, -0.05) is 38.2 Å². The Hall–Kier alpha value is -1.88. The number of aliphatic hydroxyl groups is 1. The minimum Gasteiger partial charge on any atom is -0.388 e. The number of aromatic amines is 1. The highest BCUT2D eigenvalue weighted by Gasteiger charge is 2.19. The molecule has 2 aromatic rings. The summed E-state index contributed by atoms with van der Waals surface area (Å²) in [5, 5.41) is 12.3. The molecule has 1 fully saturated rings. The van der Waals surface area contributed by atoms with Gasteiger partial charge in [0.05, 0.1) is 11.1 Å². The molecule has 3 N–H and O–H groups in total. The number of nitrogens with one attached hydrogen (secondary N) is 2. The Morgan fingerprint density at radius 2 is 2.17 bits per heavy atom. The van der Waals surface area contributed by atoms with Crippen LogP contribution in [0.5, 0.6) is 0 Å². The average Bonchev–Trinajstić information content (AvgIpc) is 2.98. The smallest absolute Gasteiger partial charge is 0.253 e. The monoisotopic (exact) mass is 315 g/mol. The molecular weight excluding hydrogens is 290 g/mol. The number of benzene rings is 1. The van der Waals surface area contributed by atoms with E-state index in [1.165, 1.54) is 32.1 Å². The second-order valence-corrected chi connectivity index (χ2v) is 6.66. The molecule has 0 saturated heterocycles. The summed E-state index contributed by atoms with van der Waals surface area (Å²) in [7, 11) is 0. The molecule has 0 bridgehead atoms. The summed E-state index contributed by atoms with van der Waals surface area (Å²) in [5.41, 5.74) is 1.97. The van der Waals surface area contributed by atoms with Crippen LogP contribution in [0, 0.1) is 5.92 Å². The zero-order valence-corrected chi connectivity index (χ0v) is 13.6. The Kier molecular flexibility index (Phi) is 4.96. The number of amides is 1. The molecule has 1 aliphatic rings. The van der Waals surface area contributed by atoms with Crippen LogP contribution in [0.15, 0.2) is 18.2 Å². The number of aliphatic hydroxyl groups excluding tert-OH is 1. The predicted octanol–water partition coefficient (Wildman–Crippen LogP) is 3.14. The zero-order valence-electron chi connectivity index (χ0n) is 13.6. The van der Waals surface area contributed by atoms with Crippen molar-refractivity contribution in [2.24, 2.45) is 5.92 Å². The first-order chi connectivity index (χ1) is 11.2. The number of nitrogens with zero attached hydrogens (tertiary/aromatic N) is 1. The minimum atomic E-state index is -0.159. The summed E-state index contributed by atoms with van der Waals surface area (Å²) in [6.07, 6.45) is 7.61. The van der Waals surface area contributed by atoms with Crippen LogP contribution in [0.25, 0.3) is 11.0 Å². The number of carbonyl (C=O) groups excluding carboxylic acids is 1. The van der Waals surface area contributed by atoms with Gasteiger partial charge in [-0.3, -0.25) is 4.79 Å². The second-order valence-electron chi connectivity index (χ2n) is 6.66. The van der Waals surface area contributed by atoms with E-state index in [4.69, 9.17) is 0 Å². The Bertz CT molecular complexity index is 674. The molecule has 1 atom stereocenters. The van der Waals surface area contributed by atoms with E-state index in [2.05, 4.69) is 22.2 Å². The lowest BCUT2D eigenvalue weighted by atomic mass is 9.85. The molecule has 23 heavy (non-hydrogen) atoms. The fourth-order valence-corrected chi connectivity index (χ4v) is 3.62. The maximum Gasteiger partial charge on any atom is 0.253 e. The standard InChI is InChI=1S/C18H25N3O2/c1-12(10-13-6-3-2-4-7-13)19-18(23)14-8-5-9-15-17(14)21-16(11-22)20-15/h5,8-9,12-13,22H,2-4,6-7,10-11H2,1H3,(H,19,23)(H,20,21)/t12-/m1/s1. The number of imidazole rings is 1. The van der Waals surface area contributed by atoms with E-state index in [1.807, 2.05) is 12.1 Å². The number of carbonyl (C=O) groups is 1. The van der Waals surface area contributed by atoms with Crippen LogP contribution in [-0.2, 0) is 6.61 Å². The van der Waals surface area contributed by atoms with Crippen molar-refractivity contribution in [2.45, 2.75) is 58.1 Å². The highest BCUT2D eigenvalue weighted by atomic mass is 16.3. The lowest BCUT2D eigenvalue weighted by molar-refractivity contribution is 0.0934. The van der Waals surface area contributed by atoms with Crippen molar-refractivity contribution < 1.29 is 9.90 Å². The predicted molar refractivity (Wildman–Crippen MR) is 90.1 cm³/mol. The van der Waals surface area contributed by atoms with E-state index in [0.29, 0.717) is 16.9 Å². The molecule has 1 aromatic carbocycles. The Morgan fingerprint density at radius 1 is 1.39 bits per heavy atom. The highest BCUT2D eigenvalue weighted by Crippen LogP contribution is 2.27. The Morgan fingerprint density at radius 3 is 2.91 bits per heavy atom. The van der Waals surface area contributed by atoms with Crippen molar-refractivity contribution in [2.75, 3.05) is 0 Å². The number of para-hydroxylation sites is 1. The molecule has 3 rings (SSSR count). The molecule has 0 spiro atoms. The number of fused-ring (bicyclic) bond motifs is 1. The largest absolute Gasteiger partial charge is 0.388 e. The number of H-pyrrole nitrogens is 1. The number of rotatable bonds is 5. The topological polar surface area (TPSA) is 78.0 Å². The normalized spacial score (nSPS) is 17.3. The van der Waals surface area contributed by atoms with Crippen LogP contribution < -0.4 is 5.32 Å².